The largest absolute Gasteiger partial charge is 0.290 e. The molecular formula is C10H5Cl3N4O. The lowest BCUT2D eigenvalue weighted by molar-refractivity contribution is 0.102. The highest BCUT2D eigenvalue weighted by Gasteiger charge is 2.13. The van der Waals surface area contributed by atoms with Gasteiger partial charge < -0.3 is 0 Å². The van der Waals surface area contributed by atoms with E-state index < -0.39 is 5.91 Å². The maximum Gasteiger partial charge on any atom is 0.261 e. The molecule has 2 aromatic heterocycles. The van der Waals surface area contributed by atoms with Crippen LogP contribution in [0.5, 0.6) is 0 Å². The van der Waals surface area contributed by atoms with Crippen LogP contribution in [0.25, 0.3) is 0 Å². The van der Waals surface area contributed by atoms with Crippen LogP contribution in [-0.4, -0.2) is 20.9 Å². The van der Waals surface area contributed by atoms with Gasteiger partial charge in [0, 0.05) is 6.20 Å². The predicted molar refractivity (Wildman–Crippen MR) is 69.3 cm³/mol. The monoisotopic (exact) mass is 302 g/mol. The summed E-state index contributed by atoms with van der Waals surface area (Å²) in [4.78, 5) is 23.3. The highest BCUT2D eigenvalue weighted by Crippen LogP contribution is 2.17. The van der Waals surface area contributed by atoms with Crippen LogP contribution in [0.4, 0.5) is 5.95 Å². The summed E-state index contributed by atoms with van der Waals surface area (Å²) in [5, 5.41) is 2.88. The molecule has 92 valence electrons. The minimum atomic E-state index is -0.494. The maximum atomic E-state index is 11.9. The van der Waals surface area contributed by atoms with E-state index in [9.17, 15) is 4.79 Å². The van der Waals surface area contributed by atoms with Crippen LogP contribution in [0, 0.1) is 0 Å². The first kappa shape index (κ1) is 13.0. The highest BCUT2D eigenvalue weighted by atomic mass is 35.5. The second-order valence-electron chi connectivity index (χ2n) is 3.13. The molecule has 5 nitrogen and oxygen atoms in total. The number of nitrogens with zero attached hydrogens (tertiary/aromatic N) is 3. The third kappa shape index (κ3) is 3.07. The van der Waals surface area contributed by atoms with Gasteiger partial charge in [-0.2, -0.15) is 0 Å². The Bertz CT molecular complexity index is 605. The van der Waals surface area contributed by atoms with Gasteiger partial charge in [0.05, 0.1) is 5.56 Å². The first-order chi connectivity index (χ1) is 8.56. The van der Waals surface area contributed by atoms with Crippen molar-refractivity contribution in [2.75, 3.05) is 5.32 Å². The summed E-state index contributed by atoms with van der Waals surface area (Å²) in [6.07, 6.45) is 1.42. The summed E-state index contributed by atoms with van der Waals surface area (Å²) in [5.41, 5.74) is 0.171. The van der Waals surface area contributed by atoms with E-state index in [-0.39, 0.29) is 27.0 Å². The average Bonchev–Trinajstić information content (AvgIpc) is 2.28. The molecule has 1 N–H and O–H groups in total. The fourth-order valence-corrected chi connectivity index (χ4v) is 1.71. The molecule has 0 aliphatic heterocycles. The molecule has 0 unspecified atom stereocenters. The van der Waals surface area contributed by atoms with Crippen molar-refractivity contribution < 1.29 is 4.79 Å². The van der Waals surface area contributed by atoms with Crippen molar-refractivity contribution in [1.29, 1.82) is 0 Å². The molecule has 0 bridgehead atoms. The lowest BCUT2D eigenvalue weighted by Crippen LogP contribution is -2.15. The number of rotatable bonds is 2. The number of carbonyl (C=O) groups is 1. The van der Waals surface area contributed by atoms with E-state index in [1.165, 1.54) is 24.4 Å². The van der Waals surface area contributed by atoms with Crippen molar-refractivity contribution in [3.8, 4) is 0 Å². The van der Waals surface area contributed by atoms with Crippen LogP contribution in [0.2, 0.25) is 15.5 Å². The Morgan fingerprint density at radius 3 is 2.44 bits per heavy atom. The normalized spacial score (nSPS) is 10.2. The number of anilines is 1. The van der Waals surface area contributed by atoms with Crippen molar-refractivity contribution in [2.45, 2.75) is 0 Å². The van der Waals surface area contributed by atoms with E-state index in [1.807, 2.05) is 0 Å². The molecule has 0 fully saturated rings. The van der Waals surface area contributed by atoms with Crippen LogP contribution in [0.15, 0.2) is 24.4 Å². The Morgan fingerprint density at radius 2 is 1.78 bits per heavy atom. The van der Waals surface area contributed by atoms with E-state index in [2.05, 4.69) is 20.3 Å². The second-order valence-corrected chi connectivity index (χ2v) is 4.26. The molecule has 0 aliphatic rings. The van der Waals surface area contributed by atoms with Gasteiger partial charge in [-0.05, 0) is 18.2 Å². The van der Waals surface area contributed by atoms with Crippen LogP contribution in [0.3, 0.4) is 0 Å². The Hall–Kier alpha value is -1.43. The summed E-state index contributed by atoms with van der Waals surface area (Å²) in [7, 11) is 0. The van der Waals surface area contributed by atoms with Crippen LogP contribution in [0.1, 0.15) is 10.4 Å². The third-order valence-electron chi connectivity index (χ3n) is 1.91. The van der Waals surface area contributed by atoms with E-state index in [0.717, 1.165) is 0 Å². The fourth-order valence-electron chi connectivity index (χ4n) is 1.15. The van der Waals surface area contributed by atoms with E-state index in [1.54, 1.807) is 0 Å². The van der Waals surface area contributed by atoms with Crippen molar-refractivity contribution >= 4 is 46.7 Å². The van der Waals surface area contributed by atoms with Crippen LogP contribution >= 0.6 is 34.8 Å². The number of hydrogen-bond acceptors (Lipinski definition) is 4. The number of hydrogen-bond donors (Lipinski definition) is 1. The van der Waals surface area contributed by atoms with Gasteiger partial charge in [0.2, 0.25) is 5.95 Å². The summed E-state index contributed by atoms with van der Waals surface area (Å²) in [6, 6.07) is 4.41. The van der Waals surface area contributed by atoms with Gasteiger partial charge in [0.15, 0.2) is 0 Å². The lowest BCUT2D eigenvalue weighted by atomic mass is 10.3. The van der Waals surface area contributed by atoms with Crippen LogP contribution < -0.4 is 5.32 Å². The molecule has 1 amide bonds. The highest BCUT2D eigenvalue weighted by molar-refractivity contribution is 6.35. The zero-order valence-corrected chi connectivity index (χ0v) is 11.0. The Morgan fingerprint density at radius 1 is 1.06 bits per heavy atom. The maximum absolute atomic E-state index is 11.9. The Kier molecular flexibility index (Phi) is 3.96. The number of carbonyl (C=O) groups excluding carboxylic acids is 1. The van der Waals surface area contributed by atoms with Crippen molar-refractivity contribution in [2.24, 2.45) is 0 Å². The standard InChI is InChI=1S/C10H5Cl3N4O/c11-6-2-1-5(8(13)15-6)9(18)17-10-14-4-3-7(12)16-10/h1-4H,(H,14,16,17,18). The molecule has 0 aromatic carbocycles. The van der Waals surface area contributed by atoms with Gasteiger partial charge in [0.25, 0.3) is 5.91 Å². The van der Waals surface area contributed by atoms with Gasteiger partial charge in [-0.15, -0.1) is 0 Å². The van der Waals surface area contributed by atoms with Gasteiger partial charge in [-0.1, -0.05) is 34.8 Å². The summed E-state index contributed by atoms with van der Waals surface area (Å²) < 4.78 is 0. The Labute approximate surface area is 117 Å². The number of amides is 1. The summed E-state index contributed by atoms with van der Waals surface area (Å²) >= 11 is 17.1. The molecule has 2 heterocycles. The van der Waals surface area contributed by atoms with Gasteiger partial charge >= 0.3 is 0 Å². The minimum Gasteiger partial charge on any atom is -0.290 e. The topological polar surface area (TPSA) is 67.8 Å². The molecular weight excluding hydrogens is 298 g/mol. The lowest BCUT2D eigenvalue weighted by Gasteiger charge is -2.04. The molecule has 0 saturated carbocycles. The second kappa shape index (κ2) is 5.48. The van der Waals surface area contributed by atoms with Crippen molar-refractivity contribution in [3.05, 3.63) is 45.4 Å². The SMILES string of the molecule is O=C(Nc1nccc(Cl)n1)c1ccc(Cl)nc1Cl. The fraction of sp³-hybridized carbons (Fsp3) is 0. The van der Waals surface area contributed by atoms with Gasteiger partial charge in [-0.25, -0.2) is 15.0 Å². The quantitative estimate of drug-likeness (QED) is 0.684. The zero-order valence-electron chi connectivity index (χ0n) is 8.69. The summed E-state index contributed by atoms with van der Waals surface area (Å²) in [6.45, 7) is 0. The summed E-state index contributed by atoms with van der Waals surface area (Å²) in [5.74, 6) is -0.412. The van der Waals surface area contributed by atoms with E-state index >= 15 is 0 Å². The average molecular weight is 304 g/mol. The van der Waals surface area contributed by atoms with Crippen molar-refractivity contribution in [1.82, 2.24) is 15.0 Å². The van der Waals surface area contributed by atoms with Gasteiger partial charge in [-0.3, -0.25) is 10.1 Å². The predicted octanol–water partition coefficient (Wildman–Crippen LogP) is 3.08. The minimum absolute atomic E-state index is 0.00188. The number of nitrogens with one attached hydrogen (secondary N) is 1. The molecule has 0 aliphatic carbocycles. The number of aromatic nitrogens is 3. The third-order valence-corrected chi connectivity index (χ3v) is 2.62. The van der Waals surface area contributed by atoms with Gasteiger partial charge in [0.1, 0.15) is 15.5 Å². The molecule has 8 heteroatoms. The smallest absolute Gasteiger partial charge is 0.261 e. The number of pyridine rings is 1. The molecule has 2 rings (SSSR count). The molecule has 18 heavy (non-hydrogen) atoms. The molecule has 0 spiro atoms. The number of halogens is 3. The first-order valence-corrected chi connectivity index (χ1v) is 5.81. The molecule has 0 radical (unpaired) electrons. The van der Waals surface area contributed by atoms with E-state index in [0.29, 0.717) is 0 Å². The molecule has 0 atom stereocenters. The Balaban J connectivity index is 2.22. The van der Waals surface area contributed by atoms with Crippen LogP contribution in [-0.2, 0) is 0 Å². The first-order valence-electron chi connectivity index (χ1n) is 4.68. The zero-order chi connectivity index (χ0) is 13.1. The van der Waals surface area contributed by atoms with E-state index in [4.69, 9.17) is 34.8 Å². The van der Waals surface area contributed by atoms with Crippen molar-refractivity contribution in [3.63, 3.8) is 0 Å². The molecule has 0 saturated heterocycles. The molecule has 2 aromatic rings.